The number of aliphatic hydroxyl groups excluding tert-OH is 1. The van der Waals surface area contributed by atoms with Gasteiger partial charge in [0, 0.05) is 0 Å². The van der Waals surface area contributed by atoms with Crippen LogP contribution in [0.2, 0.25) is 0 Å². The van der Waals surface area contributed by atoms with Crippen molar-refractivity contribution in [2.24, 2.45) is 0 Å². The molecule has 0 saturated carbocycles. The van der Waals surface area contributed by atoms with E-state index in [2.05, 4.69) is 89.5 Å². The first-order valence-corrected chi connectivity index (χ1v) is 21.5. The number of aliphatic hydroxyl groups is 1. The zero-order valence-corrected chi connectivity index (χ0v) is 21.5. The van der Waals surface area contributed by atoms with Crippen LogP contribution in [-0.4, -0.2) is 15.4 Å². The quantitative estimate of drug-likeness (QED) is 0.364. The molecule has 0 aliphatic heterocycles. The number of allylic oxidation sites excluding steroid dienone is 2. The van der Waals surface area contributed by atoms with Gasteiger partial charge in [0.15, 0.2) is 0 Å². The fraction of sp³-hybridized carbons (Fsp3) is 0.222. The van der Waals surface area contributed by atoms with Crippen molar-refractivity contribution in [1.82, 2.24) is 0 Å². The van der Waals surface area contributed by atoms with Gasteiger partial charge in [-0.3, -0.25) is 0 Å². The molecule has 2 aliphatic carbocycles. The zero-order chi connectivity index (χ0) is 21.7. The molecule has 1 unspecified atom stereocenters. The summed E-state index contributed by atoms with van der Waals surface area (Å²) in [6, 6.07) is 25.7. The molecule has 4 heteroatoms. The summed E-state index contributed by atoms with van der Waals surface area (Å²) >= 11 is -4.68. The number of benzene rings is 3. The summed E-state index contributed by atoms with van der Waals surface area (Å²) in [4.78, 5) is 0. The number of halogens is 2. The van der Waals surface area contributed by atoms with Gasteiger partial charge in [-0.25, -0.2) is 0 Å². The SMILES string of the molecule is C[CH]=[Zr]([Cl])([Cl])([CH]1C=C(CCCO)c2ccccc21)[CH]1c2ccccc2-c2ccccc21. The van der Waals surface area contributed by atoms with Crippen LogP contribution < -0.4 is 0 Å². The van der Waals surface area contributed by atoms with Crippen LogP contribution in [-0.2, 0) is 15.9 Å². The molecule has 3 aromatic carbocycles. The Labute approximate surface area is 192 Å². The number of hydrogen-bond acceptors (Lipinski definition) is 1. The third-order valence-corrected chi connectivity index (χ3v) is 26.1. The average molecular weight is 529 g/mol. The molecule has 158 valence electrons. The molecule has 0 spiro atoms. The van der Waals surface area contributed by atoms with E-state index in [1.807, 2.05) is 0 Å². The topological polar surface area (TPSA) is 20.2 Å². The van der Waals surface area contributed by atoms with Gasteiger partial charge in [-0.15, -0.1) is 0 Å². The van der Waals surface area contributed by atoms with Gasteiger partial charge in [-0.1, -0.05) is 0 Å². The molecule has 1 nitrogen and oxygen atoms in total. The molecular weight excluding hydrogens is 502 g/mol. The minimum absolute atomic E-state index is 0.00359. The summed E-state index contributed by atoms with van der Waals surface area (Å²) in [5, 5.41) is 9.42. The zero-order valence-electron chi connectivity index (χ0n) is 17.6. The Morgan fingerprint density at radius 1 is 0.806 bits per heavy atom. The van der Waals surface area contributed by atoms with Crippen molar-refractivity contribution in [3.05, 3.63) is 101 Å². The molecule has 0 saturated heterocycles. The van der Waals surface area contributed by atoms with Crippen molar-refractivity contribution in [2.75, 3.05) is 6.61 Å². The van der Waals surface area contributed by atoms with Crippen LogP contribution in [0.4, 0.5) is 0 Å². The predicted molar refractivity (Wildman–Crippen MR) is 131 cm³/mol. The van der Waals surface area contributed by atoms with Gasteiger partial charge in [0.2, 0.25) is 0 Å². The molecule has 0 heterocycles. The number of rotatable bonds is 5. The molecule has 1 N–H and O–H groups in total. The molecule has 0 aromatic heterocycles. The summed E-state index contributed by atoms with van der Waals surface area (Å²) in [6.45, 7) is 2.25. The molecule has 31 heavy (non-hydrogen) atoms. The molecule has 0 bridgehead atoms. The van der Waals surface area contributed by atoms with Crippen LogP contribution >= 0.6 is 17.0 Å². The van der Waals surface area contributed by atoms with E-state index in [9.17, 15) is 5.11 Å². The van der Waals surface area contributed by atoms with Crippen molar-refractivity contribution < 1.29 is 21.0 Å². The van der Waals surface area contributed by atoms with Gasteiger partial charge < -0.3 is 0 Å². The Morgan fingerprint density at radius 2 is 1.32 bits per heavy atom. The van der Waals surface area contributed by atoms with E-state index in [0.29, 0.717) is 0 Å². The van der Waals surface area contributed by atoms with Gasteiger partial charge >= 0.3 is 193 Å². The van der Waals surface area contributed by atoms with Crippen molar-refractivity contribution >= 4 is 26.3 Å². The van der Waals surface area contributed by atoms with Crippen LogP contribution in [0, 0.1) is 0 Å². The molecule has 5 rings (SSSR count). The van der Waals surface area contributed by atoms with Crippen LogP contribution in [0.3, 0.4) is 0 Å². The molecular formula is C27H26Cl2OZr. The third-order valence-electron chi connectivity index (χ3n) is 7.14. The van der Waals surface area contributed by atoms with Gasteiger partial charge in [-0.05, 0) is 0 Å². The number of fused-ring (bicyclic) bond motifs is 4. The number of hydrogen-bond donors (Lipinski definition) is 1. The van der Waals surface area contributed by atoms with E-state index < -0.39 is 15.9 Å². The van der Waals surface area contributed by atoms with E-state index >= 15 is 0 Å². The molecule has 1 atom stereocenters. The minimum atomic E-state index is -4.68. The molecule has 2 aliphatic rings. The summed E-state index contributed by atoms with van der Waals surface area (Å²) in [7, 11) is 15.8. The van der Waals surface area contributed by atoms with E-state index in [4.69, 9.17) is 17.0 Å². The normalized spacial score (nSPS) is 17.7. The first kappa shape index (κ1) is 21.5. The second kappa shape index (κ2) is 7.93. The Morgan fingerprint density at radius 3 is 1.87 bits per heavy atom. The van der Waals surface area contributed by atoms with Crippen LogP contribution in [0.25, 0.3) is 16.7 Å². The summed E-state index contributed by atoms with van der Waals surface area (Å²) in [5.74, 6) is 0. The van der Waals surface area contributed by atoms with Crippen LogP contribution in [0.5, 0.6) is 0 Å². The van der Waals surface area contributed by atoms with E-state index in [1.165, 1.54) is 39.0 Å². The molecule has 0 radical (unpaired) electrons. The molecule has 0 fully saturated rings. The van der Waals surface area contributed by atoms with Crippen molar-refractivity contribution in [1.29, 1.82) is 0 Å². The van der Waals surface area contributed by atoms with Crippen LogP contribution in [0.1, 0.15) is 49.3 Å². The van der Waals surface area contributed by atoms with Gasteiger partial charge in [0.25, 0.3) is 0 Å². The van der Waals surface area contributed by atoms with Crippen LogP contribution in [0.15, 0.2) is 78.9 Å². The average Bonchev–Trinajstić information content (AvgIpc) is 3.35. The Hall–Kier alpha value is -1.31. The second-order valence-corrected chi connectivity index (χ2v) is 30.2. The maximum atomic E-state index is 9.42. The van der Waals surface area contributed by atoms with E-state index in [0.717, 1.165) is 12.8 Å². The van der Waals surface area contributed by atoms with Crippen molar-refractivity contribution in [3.63, 3.8) is 0 Å². The van der Waals surface area contributed by atoms with Gasteiger partial charge in [0.1, 0.15) is 0 Å². The fourth-order valence-corrected chi connectivity index (χ4v) is 20.7. The Balaban J connectivity index is 1.76. The fourth-order valence-electron chi connectivity index (χ4n) is 5.66. The van der Waals surface area contributed by atoms with E-state index in [-0.39, 0.29) is 13.9 Å². The third kappa shape index (κ3) is 3.22. The van der Waals surface area contributed by atoms with Gasteiger partial charge in [-0.2, -0.15) is 0 Å². The monoisotopic (exact) mass is 526 g/mol. The summed E-state index contributed by atoms with van der Waals surface area (Å²) < 4.78 is 2.21. The first-order valence-electron chi connectivity index (χ1n) is 11.0. The molecule has 3 aromatic rings. The van der Waals surface area contributed by atoms with E-state index in [1.54, 1.807) is 0 Å². The molecule has 0 amide bonds. The second-order valence-electron chi connectivity index (χ2n) is 8.71. The predicted octanol–water partition coefficient (Wildman–Crippen LogP) is 7.49. The maximum absolute atomic E-state index is 9.42. The Kier molecular flexibility index (Phi) is 5.51. The summed E-state index contributed by atoms with van der Waals surface area (Å²) in [6.07, 6.45) is 3.91. The van der Waals surface area contributed by atoms with Crippen molar-refractivity contribution in [2.45, 2.75) is 27.0 Å². The summed E-state index contributed by atoms with van der Waals surface area (Å²) in [5.41, 5.74) is 8.76. The van der Waals surface area contributed by atoms with Gasteiger partial charge in [0.05, 0.1) is 0 Å². The first-order chi connectivity index (χ1) is 15.0. The Bertz CT molecular complexity index is 1220. The standard InChI is InChI=1S/C13H9.C12H13O.C2H4.2ClH.Zr/c1-3-7-12-10(5-1)9-11-6-2-4-8-13(11)12;13-9-3-5-11-8-7-10-4-1-2-6-12(10)11;1-2;;;/h1-9H;1-2,4,6-8,13H,3,5,9H2;1H,2H3;2*1H;/q;;;;;+2/p-2. The van der Waals surface area contributed by atoms with Crippen molar-refractivity contribution in [3.8, 4) is 11.1 Å².